The SMILES string of the molecule is Cc1cccc(NC(=O)[C@@H]2CC(=O)N(c3cccc(C)c3)C2)c1. The van der Waals surface area contributed by atoms with Gasteiger partial charge in [0.1, 0.15) is 0 Å². The summed E-state index contributed by atoms with van der Waals surface area (Å²) >= 11 is 0. The van der Waals surface area contributed by atoms with Gasteiger partial charge in [-0.05, 0) is 49.2 Å². The third kappa shape index (κ3) is 3.42. The van der Waals surface area contributed by atoms with Gasteiger partial charge in [-0.15, -0.1) is 0 Å². The fourth-order valence-electron chi connectivity index (χ4n) is 2.90. The van der Waals surface area contributed by atoms with Crippen LogP contribution in [0.4, 0.5) is 11.4 Å². The molecule has 4 nitrogen and oxygen atoms in total. The molecule has 0 aliphatic carbocycles. The van der Waals surface area contributed by atoms with Crippen LogP contribution in [0.1, 0.15) is 17.5 Å². The number of anilines is 2. The first-order chi connectivity index (χ1) is 11.0. The van der Waals surface area contributed by atoms with Crippen LogP contribution in [0.5, 0.6) is 0 Å². The second-order valence-corrected chi connectivity index (χ2v) is 6.10. The molecule has 1 fully saturated rings. The van der Waals surface area contributed by atoms with E-state index in [0.29, 0.717) is 6.54 Å². The van der Waals surface area contributed by atoms with Crippen molar-refractivity contribution in [3.8, 4) is 0 Å². The molecule has 0 aromatic heterocycles. The van der Waals surface area contributed by atoms with Crippen molar-refractivity contribution in [3.63, 3.8) is 0 Å². The summed E-state index contributed by atoms with van der Waals surface area (Å²) in [5, 5.41) is 2.91. The number of rotatable bonds is 3. The van der Waals surface area contributed by atoms with Crippen LogP contribution in [-0.2, 0) is 9.59 Å². The standard InChI is InChI=1S/C19H20N2O2/c1-13-5-3-7-16(9-13)20-19(23)15-11-18(22)21(12-15)17-8-4-6-14(2)10-17/h3-10,15H,11-12H2,1-2H3,(H,20,23)/t15-/m1/s1. The molecular weight excluding hydrogens is 288 g/mol. The second kappa shape index (κ2) is 6.24. The summed E-state index contributed by atoms with van der Waals surface area (Å²) in [6, 6.07) is 15.5. The van der Waals surface area contributed by atoms with Gasteiger partial charge in [0.2, 0.25) is 11.8 Å². The minimum Gasteiger partial charge on any atom is -0.326 e. The normalized spacial score (nSPS) is 17.4. The number of benzene rings is 2. The molecule has 4 heteroatoms. The Hall–Kier alpha value is -2.62. The molecule has 1 heterocycles. The molecule has 2 aromatic rings. The van der Waals surface area contributed by atoms with Crippen LogP contribution in [0, 0.1) is 19.8 Å². The van der Waals surface area contributed by atoms with E-state index in [0.717, 1.165) is 22.5 Å². The Bertz CT molecular complexity index is 755. The van der Waals surface area contributed by atoms with Crippen LogP contribution in [0.3, 0.4) is 0 Å². The van der Waals surface area contributed by atoms with Gasteiger partial charge < -0.3 is 10.2 Å². The van der Waals surface area contributed by atoms with Gasteiger partial charge in [-0.1, -0.05) is 24.3 Å². The molecule has 23 heavy (non-hydrogen) atoms. The Balaban J connectivity index is 1.70. The molecule has 1 N–H and O–H groups in total. The van der Waals surface area contributed by atoms with Gasteiger partial charge in [0.15, 0.2) is 0 Å². The van der Waals surface area contributed by atoms with Crippen molar-refractivity contribution in [2.24, 2.45) is 5.92 Å². The number of nitrogens with zero attached hydrogens (tertiary/aromatic N) is 1. The molecular formula is C19H20N2O2. The Morgan fingerprint density at radius 1 is 1.09 bits per heavy atom. The Morgan fingerprint density at radius 2 is 1.78 bits per heavy atom. The first-order valence-corrected chi connectivity index (χ1v) is 7.77. The minimum atomic E-state index is -0.316. The first-order valence-electron chi connectivity index (χ1n) is 7.77. The molecule has 2 aromatic carbocycles. The topological polar surface area (TPSA) is 49.4 Å². The average Bonchev–Trinajstić information content (AvgIpc) is 2.89. The van der Waals surface area contributed by atoms with E-state index >= 15 is 0 Å². The van der Waals surface area contributed by atoms with Crippen molar-refractivity contribution in [3.05, 3.63) is 59.7 Å². The number of carbonyl (C=O) groups excluding carboxylic acids is 2. The van der Waals surface area contributed by atoms with Gasteiger partial charge in [0, 0.05) is 24.3 Å². The zero-order valence-corrected chi connectivity index (χ0v) is 13.4. The molecule has 1 saturated heterocycles. The second-order valence-electron chi connectivity index (χ2n) is 6.10. The van der Waals surface area contributed by atoms with Crippen molar-refractivity contribution < 1.29 is 9.59 Å². The number of hydrogen-bond donors (Lipinski definition) is 1. The van der Waals surface area contributed by atoms with Crippen molar-refractivity contribution in [2.75, 3.05) is 16.8 Å². The number of nitrogens with one attached hydrogen (secondary N) is 1. The van der Waals surface area contributed by atoms with E-state index in [1.54, 1.807) is 4.90 Å². The van der Waals surface area contributed by atoms with Crippen LogP contribution in [0.2, 0.25) is 0 Å². The summed E-state index contributed by atoms with van der Waals surface area (Å²) in [4.78, 5) is 26.4. The molecule has 1 aliphatic heterocycles. The molecule has 3 rings (SSSR count). The predicted molar refractivity (Wildman–Crippen MR) is 91.4 cm³/mol. The van der Waals surface area contributed by atoms with E-state index in [4.69, 9.17) is 0 Å². The minimum absolute atomic E-state index is 0.00000719. The first kappa shape index (κ1) is 15.3. The molecule has 1 aliphatic rings. The zero-order chi connectivity index (χ0) is 16.4. The molecule has 0 bridgehead atoms. The Morgan fingerprint density at radius 3 is 2.48 bits per heavy atom. The largest absolute Gasteiger partial charge is 0.326 e. The lowest BCUT2D eigenvalue weighted by molar-refractivity contribution is -0.122. The highest BCUT2D eigenvalue weighted by atomic mass is 16.2. The van der Waals surface area contributed by atoms with Crippen molar-refractivity contribution in [1.29, 1.82) is 0 Å². The van der Waals surface area contributed by atoms with Gasteiger partial charge in [-0.2, -0.15) is 0 Å². The fraction of sp³-hybridized carbons (Fsp3) is 0.263. The van der Waals surface area contributed by atoms with Crippen LogP contribution in [0.25, 0.3) is 0 Å². The number of amides is 2. The van der Waals surface area contributed by atoms with E-state index in [2.05, 4.69) is 5.32 Å². The summed E-state index contributed by atoms with van der Waals surface area (Å²) in [5.74, 6) is -0.414. The van der Waals surface area contributed by atoms with Crippen LogP contribution < -0.4 is 10.2 Å². The number of aryl methyl sites for hydroxylation is 2. The molecule has 1 atom stereocenters. The predicted octanol–water partition coefficient (Wildman–Crippen LogP) is 3.30. The quantitative estimate of drug-likeness (QED) is 0.946. The molecule has 0 unspecified atom stereocenters. The van der Waals surface area contributed by atoms with Crippen molar-refractivity contribution in [2.45, 2.75) is 20.3 Å². The molecule has 2 amide bonds. The average molecular weight is 308 g/mol. The van der Waals surface area contributed by atoms with E-state index < -0.39 is 0 Å². The maximum absolute atomic E-state index is 12.4. The zero-order valence-electron chi connectivity index (χ0n) is 13.4. The third-order valence-electron chi connectivity index (χ3n) is 4.09. The maximum atomic E-state index is 12.4. The Kier molecular flexibility index (Phi) is 4.15. The molecule has 0 saturated carbocycles. The van der Waals surface area contributed by atoms with E-state index in [1.807, 2.05) is 62.4 Å². The van der Waals surface area contributed by atoms with Gasteiger partial charge >= 0.3 is 0 Å². The van der Waals surface area contributed by atoms with Crippen LogP contribution >= 0.6 is 0 Å². The van der Waals surface area contributed by atoms with Crippen LogP contribution in [0.15, 0.2) is 48.5 Å². The van der Waals surface area contributed by atoms with E-state index in [-0.39, 0.29) is 24.2 Å². The lowest BCUT2D eigenvalue weighted by Crippen LogP contribution is -2.28. The van der Waals surface area contributed by atoms with E-state index in [9.17, 15) is 9.59 Å². The highest BCUT2D eigenvalue weighted by Crippen LogP contribution is 2.26. The highest BCUT2D eigenvalue weighted by molar-refractivity contribution is 6.03. The van der Waals surface area contributed by atoms with Gasteiger partial charge in [0.25, 0.3) is 0 Å². The lowest BCUT2D eigenvalue weighted by Gasteiger charge is -2.17. The molecule has 0 radical (unpaired) electrons. The monoisotopic (exact) mass is 308 g/mol. The van der Waals surface area contributed by atoms with Gasteiger partial charge in [0.05, 0.1) is 5.92 Å². The lowest BCUT2D eigenvalue weighted by atomic mass is 10.1. The summed E-state index contributed by atoms with van der Waals surface area (Å²) in [5.41, 5.74) is 3.83. The van der Waals surface area contributed by atoms with Gasteiger partial charge in [-0.25, -0.2) is 0 Å². The van der Waals surface area contributed by atoms with Crippen LogP contribution in [-0.4, -0.2) is 18.4 Å². The summed E-state index contributed by atoms with van der Waals surface area (Å²) in [6.45, 7) is 4.40. The maximum Gasteiger partial charge on any atom is 0.229 e. The summed E-state index contributed by atoms with van der Waals surface area (Å²) < 4.78 is 0. The van der Waals surface area contributed by atoms with Crippen molar-refractivity contribution in [1.82, 2.24) is 0 Å². The fourth-order valence-corrected chi connectivity index (χ4v) is 2.90. The van der Waals surface area contributed by atoms with Crippen molar-refractivity contribution >= 4 is 23.2 Å². The molecule has 118 valence electrons. The molecule has 0 spiro atoms. The number of carbonyl (C=O) groups is 2. The van der Waals surface area contributed by atoms with Gasteiger partial charge in [-0.3, -0.25) is 9.59 Å². The third-order valence-corrected chi connectivity index (χ3v) is 4.09. The summed E-state index contributed by atoms with van der Waals surface area (Å²) in [6.07, 6.45) is 0.256. The highest BCUT2D eigenvalue weighted by Gasteiger charge is 2.35. The Labute approximate surface area is 136 Å². The number of hydrogen-bond acceptors (Lipinski definition) is 2. The van der Waals surface area contributed by atoms with E-state index in [1.165, 1.54) is 0 Å². The summed E-state index contributed by atoms with van der Waals surface area (Å²) in [7, 11) is 0. The smallest absolute Gasteiger partial charge is 0.229 e.